The summed E-state index contributed by atoms with van der Waals surface area (Å²) in [6, 6.07) is 20.0. The van der Waals surface area contributed by atoms with Crippen LogP contribution in [0.1, 0.15) is 25.0 Å². The van der Waals surface area contributed by atoms with Crippen LogP contribution in [0.2, 0.25) is 0 Å². The molecule has 1 atom stereocenters. The first-order chi connectivity index (χ1) is 13.2. The third-order valence-electron chi connectivity index (χ3n) is 4.21. The van der Waals surface area contributed by atoms with E-state index < -0.39 is 0 Å². The molecule has 3 rings (SSSR count). The van der Waals surface area contributed by atoms with Crippen LogP contribution in [0.15, 0.2) is 65.8 Å². The van der Waals surface area contributed by atoms with Gasteiger partial charge in [0.1, 0.15) is 0 Å². The van der Waals surface area contributed by atoms with Crippen molar-refractivity contribution in [1.82, 2.24) is 25.1 Å². The Balaban J connectivity index is 1.65. The van der Waals surface area contributed by atoms with Crippen LogP contribution in [0, 0.1) is 0 Å². The number of tetrazole rings is 1. The monoisotopic (exact) mass is 381 g/mol. The predicted molar refractivity (Wildman–Crippen MR) is 106 cm³/mol. The van der Waals surface area contributed by atoms with E-state index in [-0.39, 0.29) is 11.2 Å². The Bertz CT molecular complexity index is 853. The molecule has 0 radical (unpaired) electrons. The van der Waals surface area contributed by atoms with Crippen LogP contribution in [-0.2, 0) is 17.9 Å². The molecule has 7 heteroatoms. The second-order valence-corrected chi connectivity index (χ2v) is 7.51. The highest BCUT2D eigenvalue weighted by molar-refractivity contribution is 8.00. The molecule has 0 unspecified atom stereocenters. The van der Waals surface area contributed by atoms with Crippen molar-refractivity contribution in [2.24, 2.45) is 0 Å². The van der Waals surface area contributed by atoms with Crippen LogP contribution in [0.25, 0.3) is 0 Å². The van der Waals surface area contributed by atoms with Crippen molar-refractivity contribution in [1.29, 1.82) is 0 Å². The van der Waals surface area contributed by atoms with E-state index >= 15 is 0 Å². The van der Waals surface area contributed by atoms with Gasteiger partial charge in [0, 0.05) is 13.1 Å². The maximum Gasteiger partial charge on any atom is 0.236 e. The van der Waals surface area contributed by atoms with Gasteiger partial charge in [-0.1, -0.05) is 72.4 Å². The summed E-state index contributed by atoms with van der Waals surface area (Å²) in [5.74, 6) is 0.0839. The summed E-state index contributed by atoms with van der Waals surface area (Å²) in [7, 11) is 0. The van der Waals surface area contributed by atoms with Gasteiger partial charge in [-0.2, -0.15) is 0 Å². The third kappa shape index (κ3) is 5.17. The van der Waals surface area contributed by atoms with Crippen molar-refractivity contribution < 1.29 is 4.79 Å². The molecule has 3 aromatic rings. The highest BCUT2D eigenvalue weighted by Gasteiger charge is 2.23. The lowest BCUT2D eigenvalue weighted by molar-refractivity contribution is -0.130. The fraction of sp³-hybridized carbons (Fsp3) is 0.300. The number of hydrogen-bond donors (Lipinski definition) is 0. The van der Waals surface area contributed by atoms with E-state index in [4.69, 9.17) is 0 Å². The van der Waals surface area contributed by atoms with Gasteiger partial charge in [-0.05, 0) is 35.4 Å². The summed E-state index contributed by atoms with van der Waals surface area (Å²) in [5, 5.41) is 12.3. The third-order valence-corrected chi connectivity index (χ3v) is 5.27. The van der Waals surface area contributed by atoms with Gasteiger partial charge in [0.25, 0.3) is 0 Å². The minimum Gasteiger partial charge on any atom is -0.338 e. The minimum absolute atomic E-state index is 0.0839. The van der Waals surface area contributed by atoms with Crippen LogP contribution < -0.4 is 0 Å². The summed E-state index contributed by atoms with van der Waals surface area (Å²) in [6.45, 7) is 5.75. The van der Waals surface area contributed by atoms with Gasteiger partial charge < -0.3 is 4.90 Å². The van der Waals surface area contributed by atoms with Gasteiger partial charge in [-0.25, -0.2) is 4.68 Å². The maximum atomic E-state index is 12.9. The Morgan fingerprint density at radius 2 is 1.70 bits per heavy atom. The number of nitrogens with zero attached hydrogens (tertiary/aromatic N) is 5. The molecule has 140 valence electrons. The first-order valence-corrected chi connectivity index (χ1v) is 9.84. The summed E-state index contributed by atoms with van der Waals surface area (Å²) < 4.78 is 1.73. The van der Waals surface area contributed by atoms with Gasteiger partial charge in [0.15, 0.2) is 0 Å². The van der Waals surface area contributed by atoms with Crippen molar-refractivity contribution in [2.45, 2.75) is 37.3 Å². The highest BCUT2D eigenvalue weighted by Crippen LogP contribution is 2.23. The Morgan fingerprint density at radius 3 is 2.33 bits per heavy atom. The molecule has 0 aliphatic heterocycles. The number of benzene rings is 2. The first kappa shape index (κ1) is 19.1. The molecule has 0 spiro atoms. The van der Waals surface area contributed by atoms with E-state index in [1.54, 1.807) is 4.68 Å². The largest absolute Gasteiger partial charge is 0.338 e. The standard InChI is InChI=1S/C20H23N5OS/c1-3-24(14-17-10-6-4-7-11-17)19(26)16(2)27-20-21-22-23-25(20)15-18-12-8-5-9-13-18/h4-13,16H,3,14-15H2,1-2H3/t16-/m1/s1. The number of hydrogen-bond acceptors (Lipinski definition) is 5. The zero-order valence-electron chi connectivity index (χ0n) is 15.5. The maximum absolute atomic E-state index is 12.9. The Kier molecular flexibility index (Phi) is 6.59. The smallest absolute Gasteiger partial charge is 0.236 e. The molecule has 0 N–H and O–H groups in total. The minimum atomic E-state index is -0.269. The van der Waals surface area contributed by atoms with Crippen molar-refractivity contribution in [3.8, 4) is 0 Å². The lowest BCUT2D eigenvalue weighted by Gasteiger charge is -2.24. The summed E-state index contributed by atoms with van der Waals surface area (Å²) in [6.07, 6.45) is 0. The van der Waals surface area contributed by atoms with E-state index in [1.807, 2.05) is 79.4 Å². The van der Waals surface area contributed by atoms with Crippen LogP contribution in [0.3, 0.4) is 0 Å². The molecule has 1 heterocycles. The van der Waals surface area contributed by atoms with Gasteiger partial charge in [-0.15, -0.1) is 5.10 Å². The molecule has 6 nitrogen and oxygen atoms in total. The lowest BCUT2D eigenvalue weighted by atomic mass is 10.2. The van der Waals surface area contributed by atoms with E-state index in [9.17, 15) is 4.79 Å². The van der Waals surface area contributed by atoms with Crippen molar-refractivity contribution >= 4 is 17.7 Å². The van der Waals surface area contributed by atoms with E-state index in [2.05, 4.69) is 15.5 Å². The normalized spacial score (nSPS) is 11.9. The molecule has 0 aliphatic carbocycles. The number of amides is 1. The van der Waals surface area contributed by atoms with Gasteiger partial charge >= 0.3 is 0 Å². The Morgan fingerprint density at radius 1 is 1.07 bits per heavy atom. The number of rotatable bonds is 8. The molecule has 0 saturated carbocycles. The van der Waals surface area contributed by atoms with E-state index in [0.29, 0.717) is 24.8 Å². The topological polar surface area (TPSA) is 63.9 Å². The molecule has 0 aliphatic rings. The van der Waals surface area contributed by atoms with Crippen LogP contribution in [0.4, 0.5) is 0 Å². The fourth-order valence-corrected chi connectivity index (χ4v) is 3.62. The molecule has 27 heavy (non-hydrogen) atoms. The summed E-state index contributed by atoms with van der Waals surface area (Å²) in [4.78, 5) is 14.8. The van der Waals surface area contributed by atoms with Crippen molar-refractivity contribution in [3.05, 3.63) is 71.8 Å². The Labute approximate surface area is 163 Å². The van der Waals surface area contributed by atoms with Gasteiger partial charge in [-0.3, -0.25) is 4.79 Å². The molecular weight excluding hydrogens is 358 g/mol. The second kappa shape index (κ2) is 9.32. The lowest BCUT2D eigenvalue weighted by Crippen LogP contribution is -2.36. The fourth-order valence-electron chi connectivity index (χ4n) is 2.75. The highest BCUT2D eigenvalue weighted by atomic mass is 32.2. The molecule has 2 aromatic carbocycles. The van der Waals surface area contributed by atoms with E-state index in [0.717, 1.165) is 11.1 Å². The zero-order valence-corrected chi connectivity index (χ0v) is 16.3. The zero-order chi connectivity index (χ0) is 19.1. The summed E-state index contributed by atoms with van der Waals surface area (Å²) >= 11 is 1.39. The average molecular weight is 382 g/mol. The summed E-state index contributed by atoms with van der Waals surface area (Å²) in [5.41, 5.74) is 2.24. The second-order valence-electron chi connectivity index (χ2n) is 6.20. The first-order valence-electron chi connectivity index (χ1n) is 8.97. The molecule has 1 amide bonds. The number of thioether (sulfide) groups is 1. The Hall–Kier alpha value is -2.67. The van der Waals surface area contributed by atoms with Crippen LogP contribution >= 0.6 is 11.8 Å². The predicted octanol–water partition coefficient (Wildman–Crippen LogP) is 3.25. The number of carbonyl (C=O) groups excluding carboxylic acids is 1. The quantitative estimate of drug-likeness (QED) is 0.561. The number of aromatic nitrogens is 4. The van der Waals surface area contributed by atoms with Gasteiger partial charge in [0.05, 0.1) is 11.8 Å². The molecular formula is C20H23N5OS. The van der Waals surface area contributed by atoms with Crippen molar-refractivity contribution in [2.75, 3.05) is 6.54 Å². The average Bonchev–Trinajstić information content (AvgIpc) is 3.13. The SMILES string of the molecule is CCN(Cc1ccccc1)C(=O)[C@@H](C)Sc1nnnn1Cc1ccccc1. The van der Waals surface area contributed by atoms with Crippen molar-refractivity contribution in [3.63, 3.8) is 0 Å². The molecule has 0 saturated heterocycles. The molecule has 0 fully saturated rings. The molecule has 1 aromatic heterocycles. The number of carbonyl (C=O) groups is 1. The van der Waals surface area contributed by atoms with Gasteiger partial charge in [0.2, 0.25) is 11.1 Å². The van der Waals surface area contributed by atoms with Crippen LogP contribution in [0.5, 0.6) is 0 Å². The van der Waals surface area contributed by atoms with E-state index in [1.165, 1.54) is 11.8 Å². The molecule has 0 bridgehead atoms. The van der Waals surface area contributed by atoms with Crippen LogP contribution in [-0.4, -0.2) is 42.8 Å².